The summed E-state index contributed by atoms with van der Waals surface area (Å²) in [4.78, 5) is 28.5. The predicted molar refractivity (Wildman–Crippen MR) is 127 cm³/mol. The highest BCUT2D eigenvalue weighted by atomic mass is 32.2. The molecule has 1 fully saturated rings. The molecule has 2 aromatic carbocycles. The minimum atomic E-state index is -4.21. The van der Waals surface area contributed by atoms with E-state index >= 15 is 0 Å². The number of rotatable bonds is 9. The highest BCUT2D eigenvalue weighted by Gasteiger charge is 2.34. The lowest BCUT2D eigenvalue weighted by Gasteiger charge is -2.37. The van der Waals surface area contributed by atoms with Crippen molar-refractivity contribution in [1.82, 2.24) is 19.8 Å². The first-order chi connectivity index (χ1) is 16.2. The summed E-state index contributed by atoms with van der Waals surface area (Å²) in [5.41, 5.74) is 1.02. The number of nitrogens with zero attached hydrogens (tertiary/aromatic N) is 2. The number of hydrogen-bond donors (Lipinski definition) is 2. The molecule has 2 amide bonds. The first kappa shape index (κ1) is 25.8. The summed E-state index contributed by atoms with van der Waals surface area (Å²) in [5, 5.41) is 2.89. The first-order valence-corrected chi connectivity index (χ1v) is 12.7. The van der Waals surface area contributed by atoms with Crippen LogP contribution in [0.5, 0.6) is 0 Å². The minimum absolute atomic E-state index is 0.0960. The molecule has 1 heterocycles. The van der Waals surface area contributed by atoms with Gasteiger partial charge in [-0.2, -0.15) is 4.72 Å². The fourth-order valence-corrected chi connectivity index (χ4v) is 5.16. The van der Waals surface area contributed by atoms with Crippen molar-refractivity contribution in [2.24, 2.45) is 5.92 Å². The Morgan fingerprint density at radius 1 is 0.971 bits per heavy atom. The largest absolute Gasteiger partial charge is 0.351 e. The number of piperazine rings is 1. The van der Waals surface area contributed by atoms with Crippen LogP contribution >= 0.6 is 0 Å². The normalized spacial score (nSPS) is 15.8. The van der Waals surface area contributed by atoms with E-state index in [9.17, 15) is 22.4 Å². The van der Waals surface area contributed by atoms with Crippen LogP contribution in [0.15, 0.2) is 59.5 Å². The van der Waals surface area contributed by atoms with Gasteiger partial charge in [0.15, 0.2) is 0 Å². The van der Waals surface area contributed by atoms with Crippen LogP contribution in [0.2, 0.25) is 0 Å². The summed E-state index contributed by atoms with van der Waals surface area (Å²) in [5.74, 6) is -1.66. The summed E-state index contributed by atoms with van der Waals surface area (Å²) in [6, 6.07) is 13.7. The van der Waals surface area contributed by atoms with E-state index in [2.05, 4.69) is 10.0 Å². The van der Waals surface area contributed by atoms with Gasteiger partial charge < -0.3 is 10.2 Å². The second kappa shape index (κ2) is 11.5. The fraction of sp³-hybridized carbons (Fsp3) is 0.417. The van der Waals surface area contributed by atoms with E-state index in [1.54, 1.807) is 18.7 Å². The molecule has 0 radical (unpaired) electrons. The number of carbonyl (C=O) groups is 2. The van der Waals surface area contributed by atoms with E-state index in [1.165, 1.54) is 18.2 Å². The average Bonchev–Trinajstić information content (AvgIpc) is 2.82. The van der Waals surface area contributed by atoms with Gasteiger partial charge in [-0.25, -0.2) is 12.8 Å². The summed E-state index contributed by atoms with van der Waals surface area (Å²) in [6.07, 6.45) is 0. The zero-order chi connectivity index (χ0) is 24.7. The van der Waals surface area contributed by atoms with Crippen molar-refractivity contribution >= 4 is 21.8 Å². The third-order valence-electron chi connectivity index (χ3n) is 5.72. The number of nitrogens with one attached hydrogen (secondary N) is 2. The number of carbonyl (C=O) groups excluding carboxylic acids is 2. The first-order valence-electron chi connectivity index (χ1n) is 11.3. The molecule has 2 N–H and O–H groups in total. The maximum absolute atomic E-state index is 14.0. The van der Waals surface area contributed by atoms with Crippen LogP contribution in [0.1, 0.15) is 19.4 Å². The zero-order valence-corrected chi connectivity index (χ0v) is 20.2. The van der Waals surface area contributed by atoms with Crippen LogP contribution in [-0.2, 0) is 26.2 Å². The van der Waals surface area contributed by atoms with Gasteiger partial charge in [0.25, 0.3) is 0 Å². The van der Waals surface area contributed by atoms with Gasteiger partial charge in [0.1, 0.15) is 16.8 Å². The average molecular weight is 491 g/mol. The van der Waals surface area contributed by atoms with Crippen LogP contribution in [0.4, 0.5) is 4.39 Å². The van der Waals surface area contributed by atoms with Gasteiger partial charge in [0, 0.05) is 32.7 Å². The van der Waals surface area contributed by atoms with Crippen molar-refractivity contribution in [2.75, 3.05) is 32.7 Å². The van der Waals surface area contributed by atoms with Crippen LogP contribution in [0, 0.1) is 11.7 Å². The van der Waals surface area contributed by atoms with E-state index in [1.807, 2.05) is 35.2 Å². The van der Waals surface area contributed by atoms with Crippen molar-refractivity contribution in [3.05, 3.63) is 66.0 Å². The molecule has 34 heavy (non-hydrogen) atoms. The topological polar surface area (TPSA) is 98.8 Å². The molecule has 0 saturated carbocycles. The van der Waals surface area contributed by atoms with Crippen molar-refractivity contribution in [1.29, 1.82) is 0 Å². The molecular formula is C24H31FN4O4S. The van der Waals surface area contributed by atoms with Gasteiger partial charge in [-0.1, -0.05) is 56.3 Å². The fourth-order valence-electron chi connectivity index (χ4n) is 3.74. The smallest absolute Gasteiger partial charge is 0.244 e. The van der Waals surface area contributed by atoms with Crippen LogP contribution in [-0.4, -0.2) is 68.8 Å². The number of halogens is 1. The summed E-state index contributed by atoms with van der Waals surface area (Å²) < 4.78 is 41.9. The molecule has 1 aliphatic heterocycles. The van der Waals surface area contributed by atoms with Crippen LogP contribution in [0.3, 0.4) is 0 Å². The summed E-state index contributed by atoms with van der Waals surface area (Å²) in [6.45, 7) is 5.88. The second-order valence-corrected chi connectivity index (χ2v) is 10.3. The highest BCUT2D eigenvalue weighted by molar-refractivity contribution is 7.89. The molecule has 1 aliphatic rings. The summed E-state index contributed by atoms with van der Waals surface area (Å²) in [7, 11) is -4.21. The van der Waals surface area contributed by atoms with E-state index < -0.39 is 26.8 Å². The van der Waals surface area contributed by atoms with Crippen LogP contribution < -0.4 is 10.0 Å². The van der Waals surface area contributed by atoms with Gasteiger partial charge in [-0.3, -0.25) is 14.5 Å². The molecule has 0 unspecified atom stereocenters. The molecule has 0 bridgehead atoms. The predicted octanol–water partition coefficient (Wildman–Crippen LogP) is 1.59. The lowest BCUT2D eigenvalue weighted by molar-refractivity contribution is -0.136. The zero-order valence-electron chi connectivity index (χ0n) is 19.4. The third kappa shape index (κ3) is 6.85. The molecule has 3 rings (SSSR count). The van der Waals surface area contributed by atoms with Gasteiger partial charge in [-0.05, 0) is 23.6 Å². The quantitative estimate of drug-likeness (QED) is 0.556. The Morgan fingerprint density at radius 3 is 2.21 bits per heavy atom. The SMILES string of the molecule is CC(C)[C@H](NS(=O)(=O)c1ccccc1F)C(=O)N1CCN(CC(=O)NCc2ccccc2)CC1. The molecule has 0 aromatic heterocycles. The molecular weight excluding hydrogens is 459 g/mol. The maximum Gasteiger partial charge on any atom is 0.244 e. The standard InChI is InChI=1S/C24H31FN4O4S/c1-18(2)23(27-34(32,33)21-11-7-6-10-20(21)25)24(31)29-14-12-28(13-15-29)17-22(30)26-16-19-8-4-3-5-9-19/h3-11,18,23,27H,12-17H2,1-2H3,(H,26,30)/t23-/m0/s1. The van der Waals surface area contributed by atoms with Gasteiger partial charge >= 0.3 is 0 Å². The Hall–Kier alpha value is -2.82. The molecule has 2 aromatic rings. The van der Waals surface area contributed by atoms with Crippen molar-refractivity contribution in [3.63, 3.8) is 0 Å². The van der Waals surface area contributed by atoms with E-state index in [4.69, 9.17) is 0 Å². The van der Waals surface area contributed by atoms with Crippen LogP contribution in [0.25, 0.3) is 0 Å². The van der Waals surface area contributed by atoms with Gasteiger partial charge in [0.2, 0.25) is 21.8 Å². The molecule has 0 spiro atoms. The third-order valence-corrected chi connectivity index (χ3v) is 7.20. The van der Waals surface area contributed by atoms with E-state index in [0.717, 1.165) is 11.6 Å². The van der Waals surface area contributed by atoms with Crippen molar-refractivity contribution in [3.8, 4) is 0 Å². The Kier molecular flexibility index (Phi) is 8.76. The molecule has 184 valence electrons. The van der Waals surface area contributed by atoms with E-state index in [0.29, 0.717) is 32.7 Å². The molecule has 8 nitrogen and oxygen atoms in total. The Morgan fingerprint density at radius 2 is 1.59 bits per heavy atom. The molecule has 1 atom stereocenters. The number of hydrogen-bond acceptors (Lipinski definition) is 5. The molecule has 10 heteroatoms. The monoisotopic (exact) mass is 490 g/mol. The Balaban J connectivity index is 1.53. The highest BCUT2D eigenvalue weighted by Crippen LogP contribution is 2.17. The van der Waals surface area contributed by atoms with Crippen molar-refractivity contribution < 1.29 is 22.4 Å². The summed E-state index contributed by atoms with van der Waals surface area (Å²) >= 11 is 0. The molecule has 1 saturated heterocycles. The molecule has 0 aliphatic carbocycles. The Labute approximate surface area is 200 Å². The minimum Gasteiger partial charge on any atom is -0.351 e. The number of amides is 2. The number of benzene rings is 2. The van der Waals surface area contributed by atoms with Gasteiger partial charge in [-0.15, -0.1) is 0 Å². The van der Waals surface area contributed by atoms with Crippen molar-refractivity contribution in [2.45, 2.75) is 31.3 Å². The maximum atomic E-state index is 14.0. The second-order valence-electron chi connectivity index (χ2n) is 8.64. The van der Waals surface area contributed by atoms with E-state index in [-0.39, 0.29) is 24.3 Å². The lowest BCUT2D eigenvalue weighted by Crippen LogP contribution is -2.57. The lowest BCUT2D eigenvalue weighted by atomic mass is 10.0. The number of sulfonamides is 1. The van der Waals surface area contributed by atoms with Gasteiger partial charge in [0.05, 0.1) is 6.54 Å². The Bertz CT molecular complexity index is 1090.